The van der Waals surface area contributed by atoms with Gasteiger partial charge in [0.05, 0.1) is 13.7 Å². The summed E-state index contributed by atoms with van der Waals surface area (Å²) in [6, 6.07) is 4.93. The maximum atomic E-state index is 10.9. The molecule has 0 saturated heterocycles. The van der Waals surface area contributed by atoms with Crippen LogP contribution in [0.2, 0.25) is 0 Å². The summed E-state index contributed by atoms with van der Waals surface area (Å²) < 4.78 is 15.4. The fourth-order valence-electron chi connectivity index (χ4n) is 1.50. The first-order valence-electron chi connectivity index (χ1n) is 5.66. The summed E-state index contributed by atoms with van der Waals surface area (Å²) in [7, 11) is 3.10. The Hall–Kier alpha value is -1.59. The summed E-state index contributed by atoms with van der Waals surface area (Å²) in [6.45, 7) is 1.71. The van der Waals surface area contributed by atoms with E-state index in [9.17, 15) is 4.79 Å². The van der Waals surface area contributed by atoms with Crippen molar-refractivity contribution in [3.8, 4) is 5.75 Å². The highest BCUT2D eigenvalue weighted by Crippen LogP contribution is 2.20. The van der Waals surface area contributed by atoms with Gasteiger partial charge in [-0.25, -0.2) is 4.79 Å². The lowest BCUT2D eigenvalue weighted by Crippen LogP contribution is -2.03. The van der Waals surface area contributed by atoms with Crippen LogP contribution in [-0.4, -0.2) is 38.5 Å². The Balaban J connectivity index is 2.54. The van der Waals surface area contributed by atoms with E-state index in [0.29, 0.717) is 25.6 Å². The van der Waals surface area contributed by atoms with Gasteiger partial charge in [0, 0.05) is 20.3 Å². The number of benzene rings is 1. The van der Waals surface area contributed by atoms with E-state index in [0.717, 1.165) is 12.0 Å². The number of rotatable bonds is 8. The zero-order chi connectivity index (χ0) is 13.4. The van der Waals surface area contributed by atoms with Crippen LogP contribution in [0, 0.1) is 0 Å². The molecule has 0 amide bonds. The largest absolute Gasteiger partial charge is 0.496 e. The van der Waals surface area contributed by atoms with E-state index in [-0.39, 0.29) is 5.56 Å². The minimum Gasteiger partial charge on any atom is -0.496 e. The fraction of sp³-hybridized carbons (Fsp3) is 0.462. The summed E-state index contributed by atoms with van der Waals surface area (Å²) in [6.07, 6.45) is 0.834. The molecule has 0 heterocycles. The van der Waals surface area contributed by atoms with Gasteiger partial charge in [0.2, 0.25) is 0 Å². The van der Waals surface area contributed by atoms with E-state index in [2.05, 4.69) is 0 Å². The molecule has 0 atom stereocenters. The number of carboxylic acids is 1. The van der Waals surface area contributed by atoms with Gasteiger partial charge < -0.3 is 19.3 Å². The summed E-state index contributed by atoms with van der Waals surface area (Å²) >= 11 is 0. The zero-order valence-electron chi connectivity index (χ0n) is 10.6. The van der Waals surface area contributed by atoms with Crippen LogP contribution in [0.25, 0.3) is 0 Å². The molecule has 5 heteroatoms. The summed E-state index contributed by atoms with van der Waals surface area (Å²) in [5.41, 5.74) is 1.04. The van der Waals surface area contributed by atoms with Gasteiger partial charge in [-0.3, -0.25) is 0 Å². The predicted octanol–water partition coefficient (Wildman–Crippen LogP) is 1.95. The number of ether oxygens (including phenoxy) is 3. The number of hydrogen-bond donors (Lipinski definition) is 1. The number of hydrogen-bond acceptors (Lipinski definition) is 4. The topological polar surface area (TPSA) is 65.0 Å². The smallest absolute Gasteiger partial charge is 0.339 e. The lowest BCUT2D eigenvalue weighted by atomic mass is 10.1. The summed E-state index contributed by atoms with van der Waals surface area (Å²) in [5.74, 6) is -0.653. The van der Waals surface area contributed by atoms with Gasteiger partial charge in [-0.15, -0.1) is 0 Å². The number of carboxylic acid groups (broad SMARTS) is 1. The Bertz CT molecular complexity index is 389. The Morgan fingerprint density at radius 3 is 2.67 bits per heavy atom. The molecule has 0 fully saturated rings. The van der Waals surface area contributed by atoms with Gasteiger partial charge in [0.1, 0.15) is 11.3 Å². The summed E-state index contributed by atoms with van der Waals surface area (Å²) in [4.78, 5) is 10.9. The van der Waals surface area contributed by atoms with Crippen molar-refractivity contribution < 1.29 is 24.1 Å². The van der Waals surface area contributed by atoms with Crippen LogP contribution in [0.5, 0.6) is 5.75 Å². The predicted molar refractivity (Wildman–Crippen MR) is 66.1 cm³/mol. The molecule has 1 N–H and O–H groups in total. The third-order valence-electron chi connectivity index (χ3n) is 2.40. The van der Waals surface area contributed by atoms with Crippen molar-refractivity contribution >= 4 is 5.97 Å². The van der Waals surface area contributed by atoms with Crippen LogP contribution in [0.1, 0.15) is 22.3 Å². The Morgan fingerprint density at radius 2 is 2.06 bits per heavy atom. The first-order valence-corrected chi connectivity index (χ1v) is 5.66. The molecule has 0 bridgehead atoms. The monoisotopic (exact) mass is 254 g/mol. The van der Waals surface area contributed by atoms with Gasteiger partial charge >= 0.3 is 5.97 Å². The lowest BCUT2D eigenvalue weighted by Gasteiger charge is -2.08. The molecule has 0 aliphatic rings. The molecule has 0 aromatic heterocycles. The highest BCUT2D eigenvalue weighted by Gasteiger charge is 2.10. The second-order valence-corrected chi connectivity index (χ2v) is 3.74. The van der Waals surface area contributed by atoms with Gasteiger partial charge in [-0.1, -0.05) is 6.07 Å². The van der Waals surface area contributed by atoms with Crippen molar-refractivity contribution in [1.29, 1.82) is 0 Å². The van der Waals surface area contributed by atoms with Gasteiger partial charge in [-0.05, 0) is 24.1 Å². The molecule has 0 aliphatic heterocycles. The first kappa shape index (κ1) is 14.5. The molecule has 1 aromatic carbocycles. The zero-order valence-corrected chi connectivity index (χ0v) is 10.6. The quantitative estimate of drug-likeness (QED) is 0.718. The number of methoxy groups -OCH3 is 2. The minimum absolute atomic E-state index is 0.153. The second-order valence-electron chi connectivity index (χ2n) is 3.74. The highest BCUT2D eigenvalue weighted by molar-refractivity contribution is 5.90. The van der Waals surface area contributed by atoms with Crippen LogP contribution in [0.4, 0.5) is 0 Å². The molecule has 100 valence electrons. The minimum atomic E-state index is -1.00. The van der Waals surface area contributed by atoms with E-state index >= 15 is 0 Å². The fourth-order valence-corrected chi connectivity index (χ4v) is 1.50. The number of carbonyl (C=O) groups is 1. The average molecular weight is 254 g/mol. The molecule has 1 rings (SSSR count). The molecule has 18 heavy (non-hydrogen) atoms. The molecule has 0 aliphatic carbocycles. The van der Waals surface area contributed by atoms with E-state index in [4.69, 9.17) is 19.3 Å². The maximum Gasteiger partial charge on any atom is 0.339 e. The normalized spacial score (nSPS) is 10.3. The van der Waals surface area contributed by atoms with Crippen molar-refractivity contribution in [2.75, 3.05) is 27.4 Å². The van der Waals surface area contributed by atoms with Crippen molar-refractivity contribution in [1.82, 2.24) is 0 Å². The van der Waals surface area contributed by atoms with Crippen LogP contribution >= 0.6 is 0 Å². The molecule has 1 aromatic rings. The van der Waals surface area contributed by atoms with Crippen LogP contribution in [-0.2, 0) is 16.1 Å². The van der Waals surface area contributed by atoms with Crippen molar-refractivity contribution in [2.24, 2.45) is 0 Å². The molecule has 0 unspecified atom stereocenters. The van der Waals surface area contributed by atoms with E-state index < -0.39 is 5.97 Å². The molecular weight excluding hydrogens is 236 g/mol. The molecular formula is C13H18O5. The summed E-state index contributed by atoms with van der Waals surface area (Å²) in [5, 5.41) is 8.94. The average Bonchev–Trinajstić information content (AvgIpc) is 2.38. The Morgan fingerprint density at radius 1 is 1.28 bits per heavy atom. The first-order chi connectivity index (χ1) is 8.69. The Labute approximate surface area is 106 Å². The third-order valence-corrected chi connectivity index (χ3v) is 2.40. The molecule has 0 radical (unpaired) electrons. The van der Waals surface area contributed by atoms with Gasteiger partial charge in [0.15, 0.2) is 0 Å². The van der Waals surface area contributed by atoms with Crippen LogP contribution in [0.15, 0.2) is 18.2 Å². The molecule has 0 spiro atoms. The SMILES string of the molecule is COCCCOCc1ccc(C(=O)O)c(OC)c1. The molecule has 0 saturated carbocycles. The Kier molecular flexibility index (Phi) is 6.18. The van der Waals surface area contributed by atoms with Crippen LogP contribution in [0.3, 0.4) is 0 Å². The van der Waals surface area contributed by atoms with E-state index in [1.165, 1.54) is 13.2 Å². The molecule has 5 nitrogen and oxygen atoms in total. The van der Waals surface area contributed by atoms with Gasteiger partial charge in [-0.2, -0.15) is 0 Å². The third kappa shape index (κ3) is 4.35. The second kappa shape index (κ2) is 7.68. The maximum absolute atomic E-state index is 10.9. The van der Waals surface area contributed by atoms with Crippen molar-refractivity contribution in [3.63, 3.8) is 0 Å². The standard InChI is InChI=1S/C13H18O5/c1-16-6-3-7-18-9-10-4-5-11(13(14)15)12(8-10)17-2/h4-5,8H,3,6-7,9H2,1-2H3,(H,14,15). The van der Waals surface area contributed by atoms with Gasteiger partial charge in [0.25, 0.3) is 0 Å². The lowest BCUT2D eigenvalue weighted by molar-refractivity contribution is 0.0692. The van der Waals surface area contributed by atoms with Crippen molar-refractivity contribution in [2.45, 2.75) is 13.0 Å². The van der Waals surface area contributed by atoms with E-state index in [1.807, 2.05) is 0 Å². The number of aromatic carboxylic acids is 1. The van der Waals surface area contributed by atoms with Crippen molar-refractivity contribution in [3.05, 3.63) is 29.3 Å². The van der Waals surface area contributed by atoms with Crippen LogP contribution < -0.4 is 4.74 Å². The van der Waals surface area contributed by atoms with E-state index in [1.54, 1.807) is 19.2 Å². The highest BCUT2D eigenvalue weighted by atomic mass is 16.5.